The number of halogens is 4. The first-order chi connectivity index (χ1) is 7.34. The van der Waals surface area contributed by atoms with Crippen molar-refractivity contribution in [2.75, 3.05) is 26.8 Å². The zero-order valence-electron chi connectivity index (χ0n) is 9.76. The fourth-order valence-corrected chi connectivity index (χ4v) is 1.48. The van der Waals surface area contributed by atoms with Crippen LogP contribution in [0.1, 0.15) is 26.2 Å². The largest absolute Gasteiger partial charge is 0.673 e. The van der Waals surface area contributed by atoms with Crippen molar-refractivity contribution in [2.24, 2.45) is 0 Å². The molecule has 1 aliphatic rings. The van der Waals surface area contributed by atoms with E-state index >= 15 is 0 Å². The van der Waals surface area contributed by atoms with Crippen molar-refractivity contribution < 1.29 is 22.0 Å². The number of rotatable bonds is 3. The molecule has 0 radical (unpaired) electrons. The van der Waals surface area contributed by atoms with E-state index in [-0.39, 0.29) is 0 Å². The molecule has 7 heteroatoms. The van der Waals surface area contributed by atoms with Crippen molar-refractivity contribution in [1.82, 2.24) is 4.90 Å². The Morgan fingerprint density at radius 1 is 1.31 bits per heavy atom. The fourth-order valence-electron chi connectivity index (χ4n) is 1.48. The van der Waals surface area contributed by atoms with Gasteiger partial charge >= 0.3 is 7.25 Å². The van der Waals surface area contributed by atoms with Gasteiger partial charge in [0.05, 0.1) is 13.2 Å². The molecule has 0 aromatic rings. The Bertz CT molecular complexity index is 173. The Balaban J connectivity index is 0.000000385. The molecule has 1 rings (SSSR count). The van der Waals surface area contributed by atoms with E-state index in [1.807, 2.05) is 0 Å². The number of ether oxygens (including phenoxy) is 1. The zero-order chi connectivity index (χ0) is 12.6. The van der Waals surface area contributed by atoms with Crippen LogP contribution >= 0.6 is 0 Å². The fraction of sp³-hybridized carbons (Fsp3) is 1.00. The van der Waals surface area contributed by atoms with Gasteiger partial charge in [0.15, 0.2) is 0 Å². The predicted octanol–water partition coefficient (Wildman–Crippen LogP) is 2.81. The molecule has 1 atom stereocenters. The van der Waals surface area contributed by atoms with E-state index in [0.717, 1.165) is 19.8 Å². The van der Waals surface area contributed by atoms with E-state index in [1.54, 1.807) is 0 Å². The van der Waals surface area contributed by atoms with Gasteiger partial charge in [0.25, 0.3) is 0 Å². The summed E-state index contributed by atoms with van der Waals surface area (Å²) in [5, 5.41) is 0. The van der Waals surface area contributed by atoms with Gasteiger partial charge in [-0.25, -0.2) is 0 Å². The van der Waals surface area contributed by atoms with E-state index < -0.39 is 7.25 Å². The SMILES string of the molecule is CCCCC1COCCN1C.F[B-](F)(F)F. The summed E-state index contributed by atoms with van der Waals surface area (Å²) in [6, 6.07) is 0.684. The van der Waals surface area contributed by atoms with Crippen LogP contribution in [0.3, 0.4) is 0 Å². The smallest absolute Gasteiger partial charge is 0.418 e. The second-order valence-corrected chi connectivity index (χ2v) is 3.85. The lowest BCUT2D eigenvalue weighted by Crippen LogP contribution is -2.42. The van der Waals surface area contributed by atoms with Crippen LogP contribution in [0.5, 0.6) is 0 Å². The van der Waals surface area contributed by atoms with Crippen LogP contribution in [0.25, 0.3) is 0 Å². The Hall–Kier alpha value is -0.295. The molecular formula is C9H19BF4NO-. The van der Waals surface area contributed by atoms with Gasteiger partial charge in [0, 0.05) is 12.6 Å². The summed E-state index contributed by atoms with van der Waals surface area (Å²) in [5.74, 6) is 0. The van der Waals surface area contributed by atoms with Crippen LogP contribution < -0.4 is 0 Å². The van der Waals surface area contributed by atoms with E-state index in [9.17, 15) is 17.3 Å². The summed E-state index contributed by atoms with van der Waals surface area (Å²) >= 11 is 0. The number of hydrogen-bond donors (Lipinski definition) is 0. The molecule has 1 aliphatic heterocycles. The molecule has 1 heterocycles. The molecule has 16 heavy (non-hydrogen) atoms. The number of unbranched alkanes of at least 4 members (excludes halogenated alkanes) is 1. The Morgan fingerprint density at radius 3 is 2.31 bits per heavy atom. The van der Waals surface area contributed by atoms with Gasteiger partial charge in [-0.05, 0) is 13.5 Å². The van der Waals surface area contributed by atoms with Gasteiger partial charge in [-0.15, -0.1) is 0 Å². The molecule has 98 valence electrons. The topological polar surface area (TPSA) is 12.5 Å². The second-order valence-electron chi connectivity index (χ2n) is 3.85. The first kappa shape index (κ1) is 15.7. The lowest BCUT2D eigenvalue weighted by Gasteiger charge is -2.32. The maximum absolute atomic E-state index is 9.75. The third kappa shape index (κ3) is 10.2. The standard InChI is InChI=1S/C9H19NO.BF4/c1-3-4-5-9-8-11-7-6-10(9)2;2-1(3,4)5/h9H,3-8H2,1-2H3;/q;-1. The molecule has 1 unspecified atom stereocenters. The molecule has 0 bridgehead atoms. The van der Waals surface area contributed by atoms with Crippen molar-refractivity contribution >= 4 is 7.25 Å². The van der Waals surface area contributed by atoms with Crippen LogP contribution in [-0.2, 0) is 4.74 Å². The minimum absolute atomic E-state index is 0.684. The lowest BCUT2D eigenvalue weighted by molar-refractivity contribution is 0.00227. The minimum Gasteiger partial charge on any atom is -0.418 e. The van der Waals surface area contributed by atoms with Crippen LogP contribution in [0, 0.1) is 0 Å². The highest BCUT2D eigenvalue weighted by molar-refractivity contribution is 6.50. The quantitative estimate of drug-likeness (QED) is 0.559. The van der Waals surface area contributed by atoms with Gasteiger partial charge in [0.2, 0.25) is 0 Å². The summed E-state index contributed by atoms with van der Waals surface area (Å²) in [6.45, 7) is 5.20. The molecule has 2 nitrogen and oxygen atoms in total. The summed E-state index contributed by atoms with van der Waals surface area (Å²) in [4.78, 5) is 2.42. The predicted molar refractivity (Wildman–Crippen MR) is 56.9 cm³/mol. The summed E-state index contributed by atoms with van der Waals surface area (Å²) in [7, 11) is -3.80. The van der Waals surface area contributed by atoms with E-state index in [2.05, 4.69) is 18.9 Å². The molecule has 1 saturated heterocycles. The van der Waals surface area contributed by atoms with E-state index in [0.29, 0.717) is 6.04 Å². The average molecular weight is 244 g/mol. The molecule has 0 N–H and O–H groups in total. The molecule has 0 spiro atoms. The second kappa shape index (κ2) is 7.89. The van der Waals surface area contributed by atoms with Crippen molar-refractivity contribution in [1.29, 1.82) is 0 Å². The third-order valence-electron chi connectivity index (χ3n) is 2.41. The molecule has 0 aliphatic carbocycles. The highest BCUT2D eigenvalue weighted by Crippen LogP contribution is 2.10. The zero-order valence-corrected chi connectivity index (χ0v) is 9.76. The van der Waals surface area contributed by atoms with Crippen LogP contribution in [0.2, 0.25) is 0 Å². The Kier molecular flexibility index (Phi) is 7.75. The monoisotopic (exact) mass is 244 g/mol. The Morgan fingerprint density at radius 2 is 1.88 bits per heavy atom. The van der Waals surface area contributed by atoms with Crippen LogP contribution in [-0.4, -0.2) is 45.0 Å². The van der Waals surface area contributed by atoms with E-state index in [1.165, 1.54) is 19.3 Å². The van der Waals surface area contributed by atoms with Crippen molar-refractivity contribution in [2.45, 2.75) is 32.2 Å². The molecule has 0 amide bonds. The molecule has 0 saturated carbocycles. The first-order valence-electron chi connectivity index (χ1n) is 5.50. The molecule has 0 aromatic heterocycles. The first-order valence-corrected chi connectivity index (χ1v) is 5.50. The number of likely N-dealkylation sites (N-methyl/N-ethyl adjacent to an activating group) is 1. The lowest BCUT2D eigenvalue weighted by atomic mass is 10.1. The van der Waals surface area contributed by atoms with Gasteiger partial charge in [-0.2, -0.15) is 0 Å². The van der Waals surface area contributed by atoms with Crippen molar-refractivity contribution in [3.63, 3.8) is 0 Å². The molecule has 1 fully saturated rings. The summed E-state index contributed by atoms with van der Waals surface area (Å²) in [5.41, 5.74) is 0. The van der Waals surface area contributed by atoms with Gasteiger partial charge < -0.3 is 22.0 Å². The average Bonchev–Trinajstić information content (AvgIpc) is 2.14. The minimum atomic E-state index is -6.00. The molecule has 0 aromatic carbocycles. The Labute approximate surface area is 94.0 Å². The van der Waals surface area contributed by atoms with Crippen molar-refractivity contribution in [3.05, 3.63) is 0 Å². The highest BCUT2D eigenvalue weighted by atomic mass is 19.5. The number of nitrogens with zero attached hydrogens (tertiary/aromatic N) is 1. The maximum atomic E-state index is 9.75. The van der Waals surface area contributed by atoms with Gasteiger partial charge in [-0.3, -0.25) is 4.90 Å². The number of morpholine rings is 1. The van der Waals surface area contributed by atoms with Crippen LogP contribution in [0.15, 0.2) is 0 Å². The summed E-state index contributed by atoms with van der Waals surface area (Å²) in [6.07, 6.45) is 3.93. The highest BCUT2D eigenvalue weighted by Gasteiger charge is 2.20. The number of hydrogen-bond acceptors (Lipinski definition) is 2. The van der Waals surface area contributed by atoms with Crippen molar-refractivity contribution in [3.8, 4) is 0 Å². The van der Waals surface area contributed by atoms with E-state index in [4.69, 9.17) is 4.74 Å². The van der Waals surface area contributed by atoms with Crippen LogP contribution in [0.4, 0.5) is 17.3 Å². The molecular weight excluding hydrogens is 225 g/mol. The normalized spacial score (nSPS) is 22.5. The third-order valence-corrected chi connectivity index (χ3v) is 2.41. The maximum Gasteiger partial charge on any atom is 0.673 e. The van der Waals surface area contributed by atoms with Gasteiger partial charge in [-0.1, -0.05) is 19.8 Å². The summed E-state index contributed by atoms with van der Waals surface area (Å²) < 4.78 is 44.4. The van der Waals surface area contributed by atoms with Gasteiger partial charge in [0.1, 0.15) is 0 Å².